The van der Waals surface area contributed by atoms with Gasteiger partial charge < -0.3 is 14.4 Å². The van der Waals surface area contributed by atoms with Gasteiger partial charge in [0.05, 0.1) is 12.1 Å². The van der Waals surface area contributed by atoms with E-state index < -0.39 is 18.2 Å². The number of ether oxygens (including phenoxy) is 2. The van der Waals surface area contributed by atoms with E-state index in [9.17, 15) is 14.4 Å². The molecule has 0 unspecified atom stereocenters. The van der Waals surface area contributed by atoms with Gasteiger partial charge in [0, 0.05) is 24.2 Å². The molecule has 0 radical (unpaired) electrons. The molecule has 0 N–H and O–H groups in total. The number of hydrogen-bond donors (Lipinski definition) is 0. The van der Waals surface area contributed by atoms with Crippen molar-refractivity contribution in [3.05, 3.63) is 35.8 Å². The highest BCUT2D eigenvalue weighted by Crippen LogP contribution is 2.34. The van der Waals surface area contributed by atoms with Gasteiger partial charge in [0.15, 0.2) is 17.3 Å². The topological polar surface area (TPSA) is 89.0 Å². The van der Waals surface area contributed by atoms with E-state index in [1.807, 2.05) is 17.5 Å². The minimum absolute atomic E-state index is 0.0227. The van der Waals surface area contributed by atoms with Gasteiger partial charge in [-0.15, -0.1) is 11.3 Å². The van der Waals surface area contributed by atoms with Gasteiger partial charge in [-0.2, -0.15) is 0 Å². The molecular formula is C24H29N3O5S. The number of nitrogens with zero attached hydrogens (tertiary/aromatic N) is 3. The van der Waals surface area contributed by atoms with Crippen LogP contribution >= 0.6 is 11.3 Å². The van der Waals surface area contributed by atoms with Gasteiger partial charge in [0.2, 0.25) is 0 Å². The van der Waals surface area contributed by atoms with Crippen LogP contribution in [0.5, 0.6) is 5.75 Å². The number of hydrogen-bond acceptors (Lipinski definition) is 7. The lowest BCUT2D eigenvalue weighted by Crippen LogP contribution is -2.47. The Morgan fingerprint density at radius 2 is 2.03 bits per heavy atom. The molecule has 1 fully saturated rings. The summed E-state index contributed by atoms with van der Waals surface area (Å²) in [5.74, 6) is -0.388. The van der Waals surface area contributed by atoms with Crippen LogP contribution in [0.3, 0.4) is 0 Å². The van der Waals surface area contributed by atoms with Gasteiger partial charge >= 0.3 is 5.97 Å². The zero-order valence-electron chi connectivity index (χ0n) is 18.9. The van der Waals surface area contributed by atoms with Crippen LogP contribution in [0.2, 0.25) is 0 Å². The fourth-order valence-electron chi connectivity index (χ4n) is 4.40. The summed E-state index contributed by atoms with van der Waals surface area (Å²) in [6.07, 6.45) is 5.24. The molecule has 8 nitrogen and oxygen atoms in total. The molecule has 1 aromatic heterocycles. The molecule has 1 aliphatic heterocycles. The Morgan fingerprint density at radius 1 is 1.27 bits per heavy atom. The van der Waals surface area contributed by atoms with Crippen molar-refractivity contribution in [2.75, 3.05) is 16.3 Å². The second kappa shape index (κ2) is 10.3. The Hall–Kier alpha value is -2.94. The van der Waals surface area contributed by atoms with Gasteiger partial charge in [-0.3, -0.25) is 19.3 Å². The highest BCUT2D eigenvalue weighted by Gasteiger charge is 2.34. The van der Waals surface area contributed by atoms with Crippen LogP contribution in [0.15, 0.2) is 35.8 Å². The van der Waals surface area contributed by atoms with Gasteiger partial charge in [0.25, 0.3) is 11.8 Å². The normalized spacial score (nSPS) is 19.4. The monoisotopic (exact) mass is 471 g/mol. The van der Waals surface area contributed by atoms with Gasteiger partial charge in [-0.1, -0.05) is 31.4 Å². The third-order valence-corrected chi connectivity index (χ3v) is 6.84. The summed E-state index contributed by atoms with van der Waals surface area (Å²) in [7, 11) is 0. The highest BCUT2D eigenvalue weighted by atomic mass is 32.1. The molecule has 2 aromatic rings. The SMILES string of the molecule is C[C@@H]1Oc2ccccc2N(CCC(=O)O[C@@H](C)C(=O)N(c2nccs2)C2CCCCC2)C1=O. The van der Waals surface area contributed by atoms with Crippen molar-refractivity contribution in [2.45, 2.75) is 70.6 Å². The summed E-state index contributed by atoms with van der Waals surface area (Å²) in [6.45, 7) is 3.44. The number of para-hydroxylation sites is 2. The van der Waals surface area contributed by atoms with Gasteiger partial charge in [0.1, 0.15) is 5.75 Å². The Kier molecular flexibility index (Phi) is 7.27. The zero-order valence-corrected chi connectivity index (χ0v) is 19.8. The highest BCUT2D eigenvalue weighted by molar-refractivity contribution is 7.13. The number of carbonyl (C=O) groups excluding carboxylic acids is 3. The van der Waals surface area contributed by atoms with Crippen LogP contribution in [-0.2, 0) is 19.1 Å². The van der Waals surface area contributed by atoms with E-state index in [0.717, 1.165) is 25.7 Å². The lowest BCUT2D eigenvalue weighted by molar-refractivity contribution is -0.154. The van der Waals surface area contributed by atoms with E-state index in [1.165, 1.54) is 17.8 Å². The summed E-state index contributed by atoms with van der Waals surface area (Å²) in [4.78, 5) is 46.1. The van der Waals surface area contributed by atoms with Crippen molar-refractivity contribution in [3.8, 4) is 5.75 Å². The second-order valence-corrected chi connectivity index (χ2v) is 9.29. The maximum Gasteiger partial charge on any atom is 0.308 e. The first-order valence-electron chi connectivity index (χ1n) is 11.4. The number of thiazole rings is 1. The minimum Gasteiger partial charge on any atom is -0.479 e. The largest absolute Gasteiger partial charge is 0.479 e. The third-order valence-electron chi connectivity index (χ3n) is 6.07. The Balaban J connectivity index is 1.39. The molecule has 2 aliphatic rings. The molecular weight excluding hydrogens is 442 g/mol. The number of anilines is 2. The van der Waals surface area contributed by atoms with Crippen molar-refractivity contribution in [2.24, 2.45) is 0 Å². The standard InChI is InChI=1S/C24H29N3O5S/c1-16-22(29)26(19-10-6-7-11-20(19)31-16)14-12-21(28)32-17(2)23(30)27(24-25-13-15-33-24)18-8-4-3-5-9-18/h6-7,10-11,13,15-18H,3-5,8-9,12,14H2,1-2H3/t16-,17-/m0/s1. The number of amides is 2. The van der Waals surface area contributed by atoms with E-state index in [-0.39, 0.29) is 30.8 Å². The molecule has 33 heavy (non-hydrogen) atoms. The molecule has 2 atom stereocenters. The molecule has 0 saturated heterocycles. The number of aromatic nitrogens is 1. The van der Waals surface area contributed by atoms with E-state index in [4.69, 9.17) is 9.47 Å². The van der Waals surface area contributed by atoms with Crippen molar-refractivity contribution in [1.29, 1.82) is 0 Å². The number of fused-ring (bicyclic) bond motifs is 1. The quantitative estimate of drug-likeness (QED) is 0.568. The van der Waals surface area contributed by atoms with Crippen LogP contribution in [0.1, 0.15) is 52.4 Å². The van der Waals surface area contributed by atoms with Crippen LogP contribution in [-0.4, -0.2) is 47.6 Å². The van der Waals surface area contributed by atoms with Crippen molar-refractivity contribution < 1.29 is 23.9 Å². The van der Waals surface area contributed by atoms with Crippen LogP contribution in [0.4, 0.5) is 10.8 Å². The lowest BCUT2D eigenvalue weighted by atomic mass is 9.94. The molecule has 2 amide bonds. The Bertz CT molecular complexity index is 990. The molecule has 2 heterocycles. The average Bonchev–Trinajstić information content (AvgIpc) is 3.34. The van der Waals surface area contributed by atoms with Gasteiger partial charge in [-0.05, 0) is 38.8 Å². The fourth-order valence-corrected chi connectivity index (χ4v) is 5.12. The molecule has 0 bridgehead atoms. The number of esters is 1. The van der Waals surface area contributed by atoms with E-state index in [2.05, 4.69) is 4.98 Å². The second-order valence-electron chi connectivity index (χ2n) is 8.41. The summed E-state index contributed by atoms with van der Waals surface area (Å²) in [5, 5.41) is 2.48. The maximum atomic E-state index is 13.3. The van der Waals surface area contributed by atoms with Crippen LogP contribution in [0, 0.1) is 0 Å². The summed E-state index contributed by atoms with van der Waals surface area (Å²) in [5.41, 5.74) is 0.629. The molecule has 176 valence electrons. The summed E-state index contributed by atoms with van der Waals surface area (Å²) >= 11 is 1.41. The predicted molar refractivity (Wildman–Crippen MR) is 126 cm³/mol. The number of carbonyl (C=O) groups is 3. The maximum absolute atomic E-state index is 13.3. The van der Waals surface area contributed by atoms with E-state index >= 15 is 0 Å². The summed E-state index contributed by atoms with van der Waals surface area (Å²) < 4.78 is 11.1. The Morgan fingerprint density at radius 3 is 2.76 bits per heavy atom. The molecule has 1 aliphatic carbocycles. The molecule has 9 heteroatoms. The average molecular weight is 472 g/mol. The van der Waals surface area contributed by atoms with Crippen molar-refractivity contribution >= 4 is 39.9 Å². The Labute approximate surface area is 197 Å². The first-order chi connectivity index (χ1) is 16.0. The molecule has 4 rings (SSSR count). The number of benzene rings is 1. The van der Waals surface area contributed by atoms with E-state index in [1.54, 1.807) is 42.0 Å². The van der Waals surface area contributed by atoms with Crippen LogP contribution in [0.25, 0.3) is 0 Å². The smallest absolute Gasteiger partial charge is 0.308 e. The first kappa shape index (κ1) is 23.2. The molecule has 1 aromatic carbocycles. The first-order valence-corrected chi connectivity index (χ1v) is 12.3. The number of rotatable bonds is 7. The zero-order chi connectivity index (χ0) is 23.4. The van der Waals surface area contributed by atoms with Crippen molar-refractivity contribution in [1.82, 2.24) is 4.98 Å². The van der Waals surface area contributed by atoms with Crippen molar-refractivity contribution in [3.63, 3.8) is 0 Å². The van der Waals surface area contributed by atoms with Gasteiger partial charge in [-0.25, -0.2) is 4.98 Å². The minimum atomic E-state index is -0.935. The molecule has 1 saturated carbocycles. The third kappa shape index (κ3) is 5.19. The van der Waals surface area contributed by atoms with Crippen LogP contribution < -0.4 is 14.5 Å². The predicted octanol–water partition coefficient (Wildman–Crippen LogP) is 3.94. The fraction of sp³-hybridized carbons (Fsp3) is 0.500. The van der Waals surface area contributed by atoms with E-state index in [0.29, 0.717) is 16.6 Å². The molecule has 0 spiro atoms. The lowest BCUT2D eigenvalue weighted by Gasteiger charge is -2.34. The summed E-state index contributed by atoms with van der Waals surface area (Å²) in [6, 6.07) is 7.30.